The van der Waals surface area contributed by atoms with E-state index in [2.05, 4.69) is 11.1 Å². The van der Waals surface area contributed by atoms with Crippen LogP contribution >= 0.6 is 0 Å². The zero-order valence-electron chi connectivity index (χ0n) is 13.2. The van der Waals surface area contributed by atoms with E-state index in [1.807, 2.05) is 37.3 Å². The van der Waals surface area contributed by atoms with Gasteiger partial charge in [0.2, 0.25) is 5.89 Å². The highest BCUT2D eigenvalue weighted by molar-refractivity contribution is 5.55. The fraction of sp³-hybridized carbons (Fsp3) is 0.158. The van der Waals surface area contributed by atoms with Gasteiger partial charge in [-0.3, -0.25) is 0 Å². The van der Waals surface area contributed by atoms with Crippen molar-refractivity contribution in [2.24, 2.45) is 0 Å². The molecule has 0 N–H and O–H groups in total. The van der Waals surface area contributed by atoms with Gasteiger partial charge in [0.25, 0.3) is 0 Å². The van der Waals surface area contributed by atoms with Crippen molar-refractivity contribution in [2.45, 2.75) is 13.5 Å². The summed E-state index contributed by atoms with van der Waals surface area (Å²) in [5, 5.41) is 8.97. The van der Waals surface area contributed by atoms with Gasteiger partial charge in [0.1, 0.15) is 0 Å². The van der Waals surface area contributed by atoms with Crippen LogP contribution in [0.4, 0.5) is 0 Å². The molecule has 0 amide bonds. The van der Waals surface area contributed by atoms with Crippen LogP contribution in [0.2, 0.25) is 0 Å². The highest BCUT2D eigenvalue weighted by Crippen LogP contribution is 2.29. The number of oxazole rings is 1. The molecule has 0 aliphatic carbocycles. The lowest BCUT2D eigenvalue weighted by molar-refractivity contribution is 0.243. The summed E-state index contributed by atoms with van der Waals surface area (Å²) in [6.45, 7) is 2.55. The quantitative estimate of drug-likeness (QED) is 0.681. The zero-order chi connectivity index (χ0) is 16.8. The Hall–Kier alpha value is -3.26. The summed E-state index contributed by atoms with van der Waals surface area (Å²) in [6.07, 6.45) is 1.68. The lowest BCUT2D eigenvalue weighted by Crippen LogP contribution is -2.00. The number of hydrogen-bond donors (Lipinski definition) is 0. The molecule has 5 heteroatoms. The lowest BCUT2D eigenvalue weighted by atomic mass is 10.2. The number of hydrogen-bond acceptors (Lipinski definition) is 5. The Morgan fingerprint density at radius 2 is 1.92 bits per heavy atom. The van der Waals surface area contributed by atoms with Crippen molar-refractivity contribution in [3.05, 3.63) is 66.2 Å². The number of aromatic nitrogens is 1. The minimum Gasteiger partial charge on any atom is -0.490 e. The maximum Gasteiger partial charge on any atom is 0.232 e. The van der Waals surface area contributed by atoms with E-state index in [-0.39, 0.29) is 6.61 Å². The van der Waals surface area contributed by atoms with Gasteiger partial charge in [-0.05, 0) is 19.1 Å². The van der Waals surface area contributed by atoms with E-state index >= 15 is 0 Å². The van der Waals surface area contributed by atoms with Crippen molar-refractivity contribution in [3.63, 3.8) is 0 Å². The third-order valence-corrected chi connectivity index (χ3v) is 3.34. The maximum absolute atomic E-state index is 8.97. The molecular formula is C19H16N2O3. The first-order valence-corrected chi connectivity index (χ1v) is 7.60. The van der Waals surface area contributed by atoms with Crippen molar-refractivity contribution in [2.75, 3.05) is 6.61 Å². The van der Waals surface area contributed by atoms with Gasteiger partial charge in [0.15, 0.2) is 23.9 Å². The van der Waals surface area contributed by atoms with Gasteiger partial charge in [-0.25, -0.2) is 4.98 Å². The van der Waals surface area contributed by atoms with Crippen LogP contribution in [0.3, 0.4) is 0 Å². The van der Waals surface area contributed by atoms with E-state index in [0.717, 1.165) is 5.56 Å². The Morgan fingerprint density at radius 1 is 1.08 bits per heavy atom. The second kappa shape index (κ2) is 7.34. The van der Waals surface area contributed by atoms with E-state index in [1.54, 1.807) is 24.4 Å². The molecule has 0 fully saturated rings. The standard InChI is InChI=1S/C19H16N2O3/c1-2-22-17-10-14(11-20)8-9-16(17)23-13-19-21-12-18(24-19)15-6-4-3-5-7-15/h3-10,12H,2,13H2,1H3. The molecule has 3 aromatic rings. The number of nitrogens with zero attached hydrogens (tertiary/aromatic N) is 2. The molecule has 0 spiro atoms. The normalized spacial score (nSPS) is 10.2. The Bertz CT molecular complexity index is 851. The molecule has 0 saturated heterocycles. The molecule has 0 aliphatic rings. The van der Waals surface area contributed by atoms with E-state index in [0.29, 0.717) is 35.3 Å². The summed E-state index contributed by atoms with van der Waals surface area (Å²) in [6, 6.07) is 16.9. The molecule has 0 saturated carbocycles. The first-order valence-electron chi connectivity index (χ1n) is 7.60. The van der Waals surface area contributed by atoms with E-state index in [4.69, 9.17) is 19.2 Å². The molecule has 0 radical (unpaired) electrons. The van der Waals surface area contributed by atoms with Crippen LogP contribution in [0.15, 0.2) is 59.1 Å². The van der Waals surface area contributed by atoms with Crippen molar-refractivity contribution >= 4 is 0 Å². The fourth-order valence-electron chi connectivity index (χ4n) is 2.22. The summed E-state index contributed by atoms with van der Waals surface area (Å²) in [5.74, 6) is 2.25. The molecule has 0 unspecified atom stereocenters. The first kappa shape index (κ1) is 15.6. The third kappa shape index (κ3) is 3.55. The van der Waals surface area contributed by atoms with Gasteiger partial charge < -0.3 is 13.9 Å². The zero-order valence-corrected chi connectivity index (χ0v) is 13.2. The number of ether oxygens (including phenoxy) is 2. The van der Waals surface area contributed by atoms with Crippen LogP contribution in [0.1, 0.15) is 18.4 Å². The van der Waals surface area contributed by atoms with Gasteiger partial charge >= 0.3 is 0 Å². The van der Waals surface area contributed by atoms with Crippen LogP contribution in [0, 0.1) is 11.3 Å². The first-order chi connectivity index (χ1) is 11.8. The molecule has 3 rings (SSSR count). The highest BCUT2D eigenvalue weighted by atomic mass is 16.5. The summed E-state index contributed by atoms with van der Waals surface area (Å²) in [5.41, 5.74) is 1.48. The van der Waals surface area contributed by atoms with E-state index < -0.39 is 0 Å². The van der Waals surface area contributed by atoms with Crippen molar-refractivity contribution in [1.29, 1.82) is 5.26 Å². The minimum absolute atomic E-state index is 0.179. The van der Waals surface area contributed by atoms with Crippen LogP contribution in [-0.2, 0) is 6.61 Å². The number of nitriles is 1. The molecule has 0 bridgehead atoms. The second-order valence-corrected chi connectivity index (χ2v) is 4.98. The summed E-state index contributed by atoms with van der Waals surface area (Å²) in [4.78, 5) is 4.23. The molecule has 24 heavy (non-hydrogen) atoms. The maximum atomic E-state index is 8.97. The lowest BCUT2D eigenvalue weighted by Gasteiger charge is -2.10. The van der Waals surface area contributed by atoms with Crippen LogP contribution in [-0.4, -0.2) is 11.6 Å². The van der Waals surface area contributed by atoms with Crippen LogP contribution in [0.25, 0.3) is 11.3 Å². The van der Waals surface area contributed by atoms with Gasteiger partial charge in [-0.2, -0.15) is 5.26 Å². The molecule has 1 heterocycles. The average molecular weight is 320 g/mol. The van der Waals surface area contributed by atoms with E-state index in [9.17, 15) is 0 Å². The molecule has 2 aromatic carbocycles. The summed E-state index contributed by atoms with van der Waals surface area (Å²) in [7, 11) is 0. The third-order valence-electron chi connectivity index (χ3n) is 3.34. The minimum atomic E-state index is 0.179. The largest absolute Gasteiger partial charge is 0.490 e. The topological polar surface area (TPSA) is 68.3 Å². The van der Waals surface area contributed by atoms with Gasteiger partial charge in [0, 0.05) is 11.6 Å². The van der Waals surface area contributed by atoms with Crippen molar-refractivity contribution < 1.29 is 13.9 Å². The molecular weight excluding hydrogens is 304 g/mol. The number of rotatable bonds is 6. The highest BCUT2D eigenvalue weighted by Gasteiger charge is 2.10. The fourth-order valence-corrected chi connectivity index (χ4v) is 2.22. The summed E-state index contributed by atoms with van der Waals surface area (Å²) >= 11 is 0. The van der Waals surface area contributed by atoms with Crippen molar-refractivity contribution in [1.82, 2.24) is 4.98 Å². The predicted octanol–water partition coefficient (Wildman–Crippen LogP) is 4.19. The van der Waals surface area contributed by atoms with Gasteiger partial charge in [0.05, 0.1) is 24.4 Å². The Balaban J connectivity index is 1.72. The molecule has 1 aromatic heterocycles. The number of benzene rings is 2. The Labute approximate surface area is 140 Å². The Kier molecular flexibility index (Phi) is 4.78. The van der Waals surface area contributed by atoms with Gasteiger partial charge in [-0.1, -0.05) is 30.3 Å². The molecule has 0 atom stereocenters. The predicted molar refractivity (Wildman–Crippen MR) is 88.6 cm³/mol. The Morgan fingerprint density at radius 3 is 2.67 bits per heavy atom. The van der Waals surface area contributed by atoms with Crippen molar-refractivity contribution in [3.8, 4) is 28.9 Å². The SMILES string of the molecule is CCOc1cc(C#N)ccc1OCc1ncc(-c2ccccc2)o1. The van der Waals surface area contributed by atoms with E-state index in [1.165, 1.54) is 0 Å². The molecule has 120 valence electrons. The average Bonchev–Trinajstić information content (AvgIpc) is 3.10. The molecule has 0 aliphatic heterocycles. The second-order valence-electron chi connectivity index (χ2n) is 4.98. The molecule has 5 nitrogen and oxygen atoms in total. The van der Waals surface area contributed by atoms with Crippen LogP contribution < -0.4 is 9.47 Å². The smallest absolute Gasteiger partial charge is 0.232 e. The summed E-state index contributed by atoms with van der Waals surface area (Å²) < 4.78 is 17.0. The monoisotopic (exact) mass is 320 g/mol. The van der Waals surface area contributed by atoms with Crippen LogP contribution in [0.5, 0.6) is 11.5 Å². The van der Waals surface area contributed by atoms with Gasteiger partial charge in [-0.15, -0.1) is 0 Å².